The van der Waals surface area contributed by atoms with Gasteiger partial charge in [-0.1, -0.05) is 115 Å². The van der Waals surface area contributed by atoms with Gasteiger partial charge in [0.1, 0.15) is 12.6 Å². The summed E-state index contributed by atoms with van der Waals surface area (Å²) in [7, 11) is -4.30. The van der Waals surface area contributed by atoms with Gasteiger partial charge >= 0.3 is 0 Å². The van der Waals surface area contributed by atoms with Crippen molar-refractivity contribution in [2.24, 2.45) is 5.92 Å². The van der Waals surface area contributed by atoms with Crippen molar-refractivity contribution >= 4 is 50.7 Å². The monoisotopic (exact) mass is 679 g/mol. The number of anilines is 1. The number of carbonyl (C=O) groups is 2. The van der Waals surface area contributed by atoms with Crippen molar-refractivity contribution < 1.29 is 18.0 Å². The number of hydrogen-bond acceptors (Lipinski definition) is 4. The minimum absolute atomic E-state index is 0.0114. The van der Waals surface area contributed by atoms with E-state index in [1.807, 2.05) is 82.3 Å². The molecule has 1 atom stereocenters. The number of nitrogens with one attached hydrogen (secondary N) is 1. The number of benzene rings is 4. The number of hydrogen-bond donors (Lipinski definition) is 1. The van der Waals surface area contributed by atoms with Gasteiger partial charge in [-0.15, -0.1) is 0 Å². The first-order chi connectivity index (χ1) is 21.8. The lowest BCUT2D eigenvalue weighted by molar-refractivity contribution is -0.140. The first-order valence-electron chi connectivity index (χ1n) is 15.1. The first-order valence-corrected chi connectivity index (χ1v) is 17.3. The number of carbonyl (C=O) groups excluding carboxylic acids is 2. The second-order valence-electron chi connectivity index (χ2n) is 11.8. The van der Waals surface area contributed by atoms with Gasteiger partial charge in [0.25, 0.3) is 10.0 Å². The Morgan fingerprint density at radius 1 is 0.804 bits per heavy atom. The number of rotatable bonds is 13. The summed E-state index contributed by atoms with van der Waals surface area (Å²) < 4.78 is 29.4. The minimum Gasteiger partial charge on any atom is -0.354 e. The molecule has 0 saturated carbocycles. The van der Waals surface area contributed by atoms with Crippen LogP contribution in [0.25, 0.3) is 0 Å². The zero-order chi connectivity index (χ0) is 33.4. The smallest absolute Gasteiger partial charge is 0.264 e. The maximum Gasteiger partial charge on any atom is 0.264 e. The molecule has 2 amide bonds. The van der Waals surface area contributed by atoms with E-state index in [0.29, 0.717) is 6.54 Å². The van der Waals surface area contributed by atoms with E-state index in [4.69, 9.17) is 23.2 Å². The predicted octanol–water partition coefficient (Wildman–Crippen LogP) is 7.22. The van der Waals surface area contributed by atoms with Crippen LogP contribution in [-0.2, 0) is 32.6 Å². The van der Waals surface area contributed by atoms with Crippen LogP contribution in [0.4, 0.5) is 5.69 Å². The van der Waals surface area contributed by atoms with Crippen LogP contribution < -0.4 is 9.62 Å². The molecular formula is C36H39Cl2N3O4S. The van der Waals surface area contributed by atoms with E-state index in [1.165, 1.54) is 29.2 Å². The summed E-state index contributed by atoms with van der Waals surface area (Å²) in [6.45, 7) is 7.66. The molecule has 0 saturated heterocycles. The molecule has 10 heteroatoms. The summed E-state index contributed by atoms with van der Waals surface area (Å²) in [5, 5.41) is 3.35. The quantitative estimate of drug-likeness (QED) is 0.162. The molecule has 0 bridgehead atoms. The van der Waals surface area contributed by atoms with Crippen LogP contribution in [-0.4, -0.2) is 44.3 Å². The van der Waals surface area contributed by atoms with Crippen molar-refractivity contribution in [3.63, 3.8) is 0 Å². The van der Waals surface area contributed by atoms with E-state index < -0.39 is 28.5 Å². The van der Waals surface area contributed by atoms with Crippen LogP contribution in [0.2, 0.25) is 10.0 Å². The van der Waals surface area contributed by atoms with Crippen LogP contribution in [0.3, 0.4) is 0 Å². The molecule has 0 fully saturated rings. The molecule has 4 rings (SSSR count). The highest BCUT2D eigenvalue weighted by molar-refractivity contribution is 7.92. The lowest BCUT2D eigenvalue weighted by atomic mass is 10.0. The van der Waals surface area contributed by atoms with Gasteiger partial charge in [0, 0.05) is 24.5 Å². The number of aryl methyl sites for hydroxylation is 2. The zero-order valence-electron chi connectivity index (χ0n) is 26.4. The number of nitrogens with zero attached hydrogens (tertiary/aromatic N) is 2. The van der Waals surface area contributed by atoms with E-state index >= 15 is 0 Å². The number of amides is 2. The van der Waals surface area contributed by atoms with Crippen LogP contribution in [0, 0.1) is 19.8 Å². The molecule has 4 aromatic rings. The molecule has 0 heterocycles. The second-order valence-corrected chi connectivity index (χ2v) is 14.5. The Hall–Kier alpha value is -3.85. The Kier molecular flexibility index (Phi) is 11.9. The Balaban J connectivity index is 1.83. The van der Waals surface area contributed by atoms with Crippen LogP contribution in [0.15, 0.2) is 102 Å². The third kappa shape index (κ3) is 9.12. The second kappa shape index (κ2) is 15.6. The normalized spacial score (nSPS) is 12.1. The van der Waals surface area contributed by atoms with Crippen LogP contribution >= 0.6 is 23.2 Å². The highest BCUT2D eigenvalue weighted by atomic mass is 35.5. The minimum atomic E-state index is -4.30. The van der Waals surface area contributed by atoms with Crippen LogP contribution in [0.1, 0.15) is 36.1 Å². The summed E-state index contributed by atoms with van der Waals surface area (Å²) in [5.74, 6) is -0.719. The molecule has 4 aromatic carbocycles. The topological polar surface area (TPSA) is 86.8 Å². The highest BCUT2D eigenvalue weighted by Gasteiger charge is 2.35. The van der Waals surface area contributed by atoms with Gasteiger partial charge in [0.15, 0.2) is 0 Å². The average Bonchev–Trinajstić information content (AvgIpc) is 3.02. The Morgan fingerprint density at radius 2 is 1.48 bits per heavy atom. The molecule has 1 N–H and O–H groups in total. The lowest BCUT2D eigenvalue weighted by Gasteiger charge is -2.34. The average molecular weight is 681 g/mol. The third-order valence-corrected chi connectivity index (χ3v) is 9.78. The Labute approximate surface area is 282 Å². The molecule has 0 radical (unpaired) electrons. The lowest BCUT2D eigenvalue weighted by Crippen LogP contribution is -2.53. The number of sulfonamides is 1. The van der Waals surface area contributed by atoms with Crippen molar-refractivity contribution in [2.75, 3.05) is 17.4 Å². The fraction of sp³-hybridized carbons (Fsp3) is 0.278. The van der Waals surface area contributed by atoms with Gasteiger partial charge in [0.05, 0.1) is 15.6 Å². The van der Waals surface area contributed by atoms with E-state index in [-0.39, 0.29) is 45.4 Å². The van der Waals surface area contributed by atoms with E-state index in [2.05, 4.69) is 5.32 Å². The van der Waals surface area contributed by atoms with Gasteiger partial charge in [-0.05, 0) is 61.2 Å². The molecule has 0 unspecified atom stereocenters. The molecule has 7 nitrogen and oxygen atoms in total. The summed E-state index contributed by atoms with van der Waals surface area (Å²) in [5.41, 5.74) is 3.58. The Morgan fingerprint density at radius 3 is 2.13 bits per heavy atom. The molecule has 242 valence electrons. The highest BCUT2D eigenvalue weighted by Crippen LogP contribution is 2.33. The standard InChI is InChI=1S/C36H39Cl2N3O4S/c1-25(2)22-39-36(43)34(20-28-10-6-5-7-11-28)40(23-29-12-8-9-27(4)19-29)35(42)24-41(33-21-30(37)15-18-32(33)38)46(44,45)31-16-13-26(3)14-17-31/h5-19,21,25,34H,20,22-24H2,1-4H3,(H,39,43)/t34-/m1/s1. The third-order valence-electron chi connectivity index (χ3n) is 7.46. The predicted molar refractivity (Wildman–Crippen MR) is 186 cm³/mol. The molecule has 0 spiro atoms. The maximum atomic E-state index is 14.6. The fourth-order valence-electron chi connectivity index (χ4n) is 5.01. The van der Waals surface area contributed by atoms with Crippen molar-refractivity contribution in [2.45, 2.75) is 51.6 Å². The van der Waals surface area contributed by atoms with Crippen molar-refractivity contribution in [1.82, 2.24) is 10.2 Å². The summed E-state index contributed by atoms with van der Waals surface area (Å²) in [4.78, 5) is 29.9. The van der Waals surface area contributed by atoms with Gasteiger partial charge in [-0.3, -0.25) is 13.9 Å². The molecule has 0 aliphatic heterocycles. The summed E-state index contributed by atoms with van der Waals surface area (Å²) >= 11 is 12.9. The van der Waals surface area contributed by atoms with Crippen molar-refractivity contribution in [3.8, 4) is 0 Å². The molecule has 0 aromatic heterocycles. The first kappa shape index (κ1) is 35.0. The SMILES string of the molecule is Cc1ccc(S(=O)(=O)N(CC(=O)N(Cc2cccc(C)c2)[C@H](Cc2ccccc2)C(=O)NCC(C)C)c2cc(Cl)ccc2Cl)cc1. The van der Waals surface area contributed by atoms with Gasteiger partial charge in [-0.2, -0.15) is 0 Å². The molecule has 0 aliphatic carbocycles. The van der Waals surface area contributed by atoms with Gasteiger partial charge in [0.2, 0.25) is 11.8 Å². The molecular weight excluding hydrogens is 641 g/mol. The largest absolute Gasteiger partial charge is 0.354 e. The van der Waals surface area contributed by atoms with Crippen LogP contribution in [0.5, 0.6) is 0 Å². The van der Waals surface area contributed by atoms with E-state index in [1.54, 1.807) is 18.2 Å². The van der Waals surface area contributed by atoms with Gasteiger partial charge in [-0.25, -0.2) is 8.42 Å². The Bertz CT molecular complexity index is 1760. The van der Waals surface area contributed by atoms with E-state index in [0.717, 1.165) is 26.6 Å². The molecule has 46 heavy (non-hydrogen) atoms. The summed E-state index contributed by atoms with van der Waals surface area (Å²) in [6.07, 6.45) is 0.227. The van der Waals surface area contributed by atoms with Gasteiger partial charge < -0.3 is 10.2 Å². The zero-order valence-corrected chi connectivity index (χ0v) is 28.7. The number of halogens is 2. The van der Waals surface area contributed by atoms with Crippen molar-refractivity contribution in [1.29, 1.82) is 0 Å². The summed E-state index contributed by atoms with van der Waals surface area (Å²) in [6, 6.07) is 27.0. The molecule has 0 aliphatic rings. The fourth-order valence-corrected chi connectivity index (χ4v) is 6.87. The van der Waals surface area contributed by atoms with Crippen molar-refractivity contribution in [3.05, 3.63) is 129 Å². The maximum absolute atomic E-state index is 14.6. The van der Waals surface area contributed by atoms with E-state index in [9.17, 15) is 18.0 Å².